The van der Waals surface area contributed by atoms with Gasteiger partial charge in [0.15, 0.2) is 11.5 Å². The molecule has 0 spiro atoms. The molecule has 0 aliphatic rings. The summed E-state index contributed by atoms with van der Waals surface area (Å²) in [4.78, 5) is 11.9. The van der Waals surface area contributed by atoms with Crippen molar-refractivity contribution < 1.29 is 14.3 Å². The molecule has 1 aromatic rings. The van der Waals surface area contributed by atoms with Gasteiger partial charge in [-0.3, -0.25) is 4.79 Å². The molecule has 1 unspecified atom stereocenters. The predicted molar refractivity (Wildman–Crippen MR) is 75.7 cm³/mol. The third-order valence-corrected chi connectivity index (χ3v) is 3.43. The maximum absolute atomic E-state index is 11.9. The molecule has 1 N–H and O–H groups in total. The number of nitrogens with one attached hydrogen (secondary N) is 1. The number of anilines is 1. The van der Waals surface area contributed by atoms with Gasteiger partial charge in [0.05, 0.1) is 31.3 Å². The van der Waals surface area contributed by atoms with E-state index in [0.29, 0.717) is 22.9 Å². The summed E-state index contributed by atoms with van der Waals surface area (Å²) < 4.78 is 10.3. The van der Waals surface area contributed by atoms with Crippen LogP contribution in [0.2, 0.25) is 0 Å². The van der Waals surface area contributed by atoms with E-state index in [1.54, 1.807) is 32.2 Å². The zero-order valence-electron chi connectivity index (χ0n) is 11.1. The van der Waals surface area contributed by atoms with Gasteiger partial charge in [0.2, 0.25) is 5.91 Å². The molecule has 0 heterocycles. The molecule has 5 nitrogen and oxygen atoms in total. The maximum Gasteiger partial charge on any atom is 0.237 e. The lowest BCUT2D eigenvalue weighted by molar-refractivity contribution is -0.115. The Labute approximate surface area is 116 Å². The Hall–Kier alpha value is -1.87. The molecule has 1 aromatic carbocycles. The standard InChI is InChI=1S/C13H16N2O3S/c1-9(19-7-6-14)13(16)15-10-4-5-11(17-2)12(8-10)18-3/h4-5,8-9H,7H2,1-3H3,(H,15,16). The van der Waals surface area contributed by atoms with Crippen LogP contribution in [-0.4, -0.2) is 31.1 Å². The van der Waals surface area contributed by atoms with E-state index in [1.807, 2.05) is 6.07 Å². The van der Waals surface area contributed by atoms with Crippen molar-refractivity contribution in [3.63, 3.8) is 0 Å². The van der Waals surface area contributed by atoms with Crippen LogP contribution in [0.1, 0.15) is 6.92 Å². The van der Waals surface area contributed by atoms with Gasteiger partial charge in [-0.05, 0) is 19.1 Å². The monoisotopic (exact) mass is 280 g/mol. The molecule has 1 amide bonds. The largest absolute Gasteiger partial charge is 0.493 e. The van der Waals surface area contributed by atoms with E-state index in [0.717, 1.165) is 0 Å². The van der Waals surface area contributed by atoms with Gasteiger partial charge in [-0.25, -0.2) is 0 Å². The van der Waals surface area contributed by atoms with Gasteiger partial charge in [0.1, 0.15) is 0 Å². The van der Waals surface area contributed by atoms with Crippen LogP contribution in [0.5, 0.6) is 11.5 Å². The fourth-order valence-electron chi connectivity index (χ4n) is 1.40. The van der Waals surface area contributed by atoms with Crippen LogP contribution in [0.15, 0.2) is 18.2 Å². The van der Waals surface area contributed by atoms with Gasteiger partial charge in [-0.1, -0.05) is 0 Å². The van der Waals surface area contributed by atoms with Crippen LogP contribution in [0.4, 0.5) is 5.69 Å². The molecule has 0 radical (unpaired) electrons. The van der Waals surface area contributed by atoms with E-state index in [-0.39, 0.29) is 11.2 Å². The van der Waals surface area contributed by atoms with Crippen LogP contribution >= 0.6 is 11.8 Å². The number of nitrogens with zero attached hydrogens (tertiary/aromatic N) is 1. The third-order valence-electron chi connectivity index (χ3n) is 2.42. The van der Waals surface area contributed by atoms with Gasteiger partial charge in [-0.15, -0.1) is 11.8 Å². The summed E-state index contributed by atoms with van der Waals surface area (Å²) in [6, 6.07) is 7.15. The molecule has 6 heteroatoms. The Bertz CT molecular complexity index is 485. The molecule has 0 saturated carbocycles. The molecule has 0 bridgehead atoms. The third kappa shape index (κ3) is 4.38. The van der Waals surface area contributed by atoms with Crippen LogP contribution in [0, 0.1) is 11.3 Å². The summed E-state index contributed by atoms with van der Waals surface area (Å²) in [5.74, 6) is 1.30. The molecule has 1 rings (SSSR count). The van der Waals surface area contributed by atoms with Crippen molar-refractivity contribution in [2.24, 2.45) is 0 Å². The van der Waals surface area contributed by atoms with Crippen molar-refractivity contribution in [3.8, 4) is 17.6 Å². The number of benzene rings is 1. The molecule has 0 fully saturated rings. The fourth-order valence-corrected chi connectivity index (χ4v) is 1.93. The maximum atomic E-state index is 11.9. The van der Waals surface area contributed by atoms with Crippen LogP contribution in [0.25, 0.3) is 0 Å². The zero-order chi connectivity index (χ0) is 14.3. The predicted octanol–water partition coefficient (Wildman–Crippen LogP) is 2.29. The Balaban J connectivity index is 2.72. The van der Waals surface area contributed by atoms with Gasteiger partial charge >= 0.3 is 0 Å². The average Bonchev–Trinajstić information content (AvgIpc) is 2.44. The number of rotatable bonds is 6. The number of nitriles is 1. The molecule has 1 atom stereocenters. The van der Waals surface area contributed by atoms with Gasteiger partial charge < -0.3 is 14.8 Å². The lowest BCUT2D eigenvalue weighted by atomic mass is 10.2. The summed E-state index contributed by atoms with van der Waals surface area (Å²) in [5.41, 5.74) is 0.632. The molecule has 102 valence electrons. The number of methoxy groups -OCH3 is 2. The van der Waals surface area contributed by atoms with Crippen LogP contribution in [0.3, 0.4) is 0 Å². The van der Waals surface area contributed by atoms with E-state index in [9.17, 15) is 4.79 Å². The first-order chi connectivity index (χ1) is 9.12. The first kappa shape index (κ1) is 15.2. The highest BCUT2D eigenvalue weighted by molar-refractivity contribution is 8.00. The van der Waals surface area contributed by atoms with E-state index in [1.165, 1.54) is 18.9 Å². The second-order valence-electron chi connectivity index (χ2n) is 3.67. The minimum Gasteiger partial charge on any atom is -0.493 e. The van der Waals surface area contributed by atoms with E-state index in [4.69, 9.17) is 14.7 Å². The van der Waals surface area contributed by atoms with Crippen LogP contribution in [-0.2, 0) is 4.79 Å². The lowest BCUT2D eigenvalue weighted by Gasteiger charge is -2.13. The average molecular weight is 280 g/mol. The quantitative estimate of drug-likeness (QED) is 0.865. The first-order valence-electron chi connectivity index (χ1n) is 5.63. The summed E-state index contributed by atoms with van der Waals surface area (Å²) in [6.45, 7) is 1.76. The highest BCUT2D eigenvalue weighted by Gasteiger charge is 2.14. The van der Waals surface area contributed by atoms with E-state index in [2.05, 4.69) is 5.32 Å². The molecule has 19 heavy (non-hydrogen) atoms. The first-order valence-corrected chi connectivity index (χ1v) is 6.68. The van der Waals surface area contributed by atoms with E-state index >= 15 is 0 Å². The number of carbonyl (C=O) groups is 1. The molecule has 0 saturated heterocycles. The molecule has 0 aliphatic heterocycles. The number of carbonyl (C=O) groups excluding carboxylic acids is 1. The van der Waals surface area contributed by atoms with Crippen molar-refractivity contribution >= 4 is 23.4 Å². The Morgan fingerprint density at radius 1 is 1.42 bits per heavy atom. The van der Waals surface area contributed by atoms with Gasteiger partial charge in [0, 0.05) is 11.8 Å². The molecule has 0 aromatic heterocycles. The van der Waals surface area contributed by atoms with Crippen molar-refractivity contribution in [3.05, 3.63) is 18.2 Å². The normalized spacial score (nSPS) is 11.3. The van der Waals surface area contributed by atoms with E-state index < -0.39 is 0 Å². The lowest BCUT2D eigenvalue weighted by Crippen LogP contribution is -2.22. The summed E-state index contributed by atoms with van der Waals surface area (Å²) in [6.07, 6.45) is 0. The SMILES string of the molecule is COc1ccc(NC(=O)C(C)SCC#N)cc1OC. The van der Waals surface area contributed by atoms with Gasteiger partial charge in [0.25, 0.3) is 0 Å². The number of hydrogen-bond donors (Lipinski definition) is 1. The van der Waals surface area contributed by atoms with Crippen molar-refractivity contribution in [1.29, 1.82) is 5.26 Å². The van der Waals surface area contributed by atoms with Crippen molar-refractivity contribution in [2.75, 3.05) is 25.3 Å². The number of hydrogen-bond acceptors (Lipinski definition) is 5. The highest BCUT2D eigenvalue weighted by atomic mass is 32.2. The molecular weight excluding hydrogens is 264 g/mol. The van der Waals surface area contributed by atoms with Gasteiger partial charge in [-0.2, -0.15) is 5.26 Å². The molecule has 0 aliphatic carbocycles. The second kappa shape index (κ2) is 7.54. The van der Waals surface area contributed by atoms with Crippen molar-refractivity contribution in [1.82, 2.24) is 0 Å². The number of ether oxygens (including phenoxy) is 2. The summed E-state index contributed by atoms with van der Waals surface area (Å²) in [7, 11) is 3.09. The van der Waals surface area contributed by atoms with Crippen molar-refractivity contribution in [2.45, 2.75) is 12.2 Å². The smallest absolute Gasteiger partial charge is 0.237 e. The minimum atomic E-state index is -0.284. The molecular formula is C13H16N2O3S. The number of amides is 1. The minimum absolute atomic E-state index is 0.146. The Morgan fingerprint density at radius 3 is 2.68 bits per heavy atom. The second-order valence-corrected chi connectivity index (χ2v) is 5.00. The summed E-state index contributed by atoms with van der Waals surface area (Å²) >= 11 is 1.29. The Morgan fingerprint density at radius 2 is 2.11 bits per heavy atom. The topological polar surface area (TPSA) is 71.3 Å². The zero-order valence-corrected chi connectivity index (χ0v) is 11.9. The fraction of sp³-hybridized carbons (Fsp3) is 0.385. The highest BCUT2D eigenvalue weighted by Crippen LogP contribution is 2.30. The van der Waals surface area contributed by atoms with Crippen LogP contribution < -0.4 is 14.8 Å². The Kier molecular flexibility index (Phi) is 6.03. The summed E-state index contributed by atoms with van der Waals surface area (Å²) in [5, 5.41) is 11.0. The number of thioether (sulfide) groups is 1.